The van der Waals surface area contributed by atoms with E-state index in [4.69, 9.17) is 16.2 Å². The molecule has 12 heavy (non-hydrogen) atoms. The molecular formula is C8H19N3O. The smallest absolute Gasteiger partial charge is 0.0905 e. The van der Waals surface area contributed by atoms with E-state index >= 15 is 0 Å². The van der Waals surface area contributed by atoms with Gasteiger partial charge >= 0.3 is 0 Å². The lowest BCUT2D eigenvalue weighted by molar-refractivity contribution is 0.158. The van der Waals surface area contributed by atoms with Crippen molar-refractivity contribution in [3.05, 3.63) is 0 Å². The number of nitrogens with zero attached hydrogens (tertiary/aromatic N) is 1. The van der Waals surface area contributed by atoms with Crippen molar-refractivity contribution in [1.82, 2.24) is 4.90 Å². The molecule has 0 rings (SSSR count). The van der Waals surface area contributed by atoms with E-state index in [-0.39, 0.29) is 18.5 Å². The predicted octanol–water partition coefficient (Wildman–Crippen LogP) is 0.0152. The van der Waals surface area contributed by atoms with Crippen LogP contribution in [0.1, 0.15) is 19.8 Å². The van der Waals surface area contributed by atoms with E-state index in [1.54, 1.807) is 0 Å². The first-order valence-corrected chi connectivity index (χ1v) is 4.22. The van der Waals surface area contributed by atoms with E-state index in [1.807, 2.05) is 14.0 Å². The monoisotopic (exact) mass is 173 g/mol. The molecule has 1 atom stereocenters. The molecule has 0 aliphatic carbocycles. The van der Waals surface area contributed by atoms with Gasteiger partial charge in [0, 0.05) is 12.5 Å². The number of nitrogens with two attached hydrogens (primary N) is 1. The number of amidine groups is 1. The average Bonchev–Trinajstić information content (AvgIpc) is 2.02. The van der Waals surface area contributed by atoms with Gasteiger partial charge in [-0.1, -0.05) is 0 Å². The summed E-state index contributed by atoms with van der Waals surface area (Å²) in [5.41, 5.74) is 5.20. The van der Waals surface area contributed by atoms with Gasteiger partial charge in [0.2, 0.25) is 0 Å². The van der Waals surface area contributed by atoms with Crippen molar-refractivity contribution in [1.29, 1.82) is 5.41 Å². The Bertz CT molecular complexity index is 138. The van der Waals surface area contributed by atoms with E-state index in [0.29, 0.717) is 6.42 Å². The second-order valence-electron chi connectivity index (χ2n) is 3.14. The number of aliphatic hydroxyl groups excluding tert-OH is 1. The Morgan fingerprint density at radius 3 is 2.67 bits per heavy atom. The van der Waals surface area contributed by atoms with Crippen LogP contribution in [0.25, 0.3) is 0 Å². The van der Waals surface area contributed by atoms with Gasteiger partial charge in [-0.15, -0.1) is 0 Å². The fourth-order valence-corrected chi connectivity index (χ4v) is 0.879. The fraction of sp³-hybridized carbons (Fsp3) is 0.875. The van der Waals surface area contributed by atoms with Crippen LogP contribution in [-0.2, 0) is 0 Å². The summed E-state index contributed by atoms with van der Waals surface area (Å²) in [7, 11) is 1.96. The molecule has 0 amide bonds. The lowest BCUT2D eigenvalue weighted by Crippen LogP contribution is -2.33. The number of rotatable bonds is 6. The third kappa shape index (κ3) is 5.09. The quantitative estimate of drug-likeness (QED) is 0.391. The molecule has 0 bridgehead atoms. The molecule has 0 spiro atoms. The minimum atomic E-state index is 0.177. The Morgan fingerprint density at radius 1 is 1.67 bits per heavy atom. The molecule has 0 fully saturated rings. The molecule has 0 aliphatic heterocycles. The summed E-state index contributed by atoms with van der Waals surface area (Å²) in [5.74, 6) is 0.236. The highest BCUT2D eigenvalue weighted by atomic mass is 16.3. The first-order chi connectivity index (χ1) is 5.57. The van der Waals surface area contributed by atoms with Crippen molar-refractivity contribution in [3.8, 4) is 0 Å². The molecule has 4 heteroatoms. The van der Waals surface area contributed by atoms with Gasteiger partial charge in [0.1, 0.15) is 0 Å². The molecule has 0 saturated heterocycles. The summed E-state index contributed by atoms with van der Waals surface area (Å²) in [6.45, 7) is 3.02. The molecule has 1 unspecified atom stereocenters. The number of nitrogens with one attached hydrogen (secondary N) is 1. The summed E-state index contributed by atoms with van der Waals surface area (Å²) in [4.78, 5) is 2.06. The van der Waals surface area contributed by atoms with Crippen molar-refractivity contribution < 1.29 is 5.11 Å². The molecular weight excluding hydrogens is 154 g/mol. The first-order valence-electron chi connectivity index (χ1n) is 4.22. The molecule has 0 aliphatic rings. The molecule has 0 heterocycles. The highest BCUT2D eigenvalue weighted by Crippen LogP contribution is 1.97. The zero-order chi connectivity index (χ0) is 9.56. The van der Waals surface area contributed by atoms with Gasteiger partial charge in [0.05, 0.1) is 12.4 Å². The Hall–Kier alpha value is -0.610. The molecule has 0 aromatic rings. The van der Waals surface area contributed by atoms with Crippen LogP contribution in [-0.4, -0.2) is 42.1 Å². The van der Waals surface area contributed by atoms with Crippen molar-refractivity contribution in [2.75, 3.05) is 20.2 Å². The van der Waals surface area contributed by atoms with Crippen LogP contribution in [0, 0.1) is 5.41 Å². The lowest BCUT2D eigenvalue weighted by atomic mass is 10.2. The molecule has 0 aromatic heterocycles. The highest BCUT2D eigenvalue weighted by molar-refractivity contribution is 5.76. The molecule has 4 N–H and O–H groups in total. The van der Waals surface area contributed by atoms with E-state index in [1.165, 1.54) is 0 Å². The molecule has 4 nitrogen and oxygen atoms in total. The average molecular weight is 173 g/mol. The number of hydrogen-bond donors (Lipinski definition) is 3. The Kier molecular flexibility index (Phi) is 5.66. The van der Waals surface area contributed by atoms with Crippen LogP contribution >= 0.6 is 0 Å². The Morgan fingerprint density at radius 2 is 2.25 bits per heavy atom. The standard InChI is InChI=1S/C8H19N3O/c1-7(6-12)11(2)5-3-4-8(9)10/h7,12H,3-6H2,1-2H3,(H3,9,10). The maximum absolute atomic E-state index is 8.81. The fourth-order valence-electron chi connectivity index (χ4n) is 0.879. The second kappa shape index (κ2) is 5.97. The van der Waals surface area contributed by atoms with E-state index in [0.717, 1.165) is 13.0 Å². The number of hydrogen-bond acceptors (Lipinski definition) is 3. The molecule has 0 saturated carbocycles. The number of likely N-dealkylation sites (N-methyl/N-ethyl adjacent to an activating group) is 1. The zero-order valence-electron chi connectivity index (χ0n) is 7.88. The molecule has 0 aromatic carbocycles. The van der Waals surface area contributed by atoms with Crippen LogP contribution in [0.3, 0.4) is 0 Å². The normalized spacial score (nSPS) is 13.3. The summed E-state index contributed by atoms with van der Waals surface area (Å²) < 4.78 is 0. The SMILES string of the molecule is CC(CO)N(C)CCCC(=N)N. The Balaban J connectivity index is 3.43. The van der Waals surface area contributed by atoms with Gasteiger partial charge in [-0.3, -0.25) is 5.41 Å². The zero-order valence-corrected chi connectivity index (χ0v) is 7.88. The van der Waals surface area contributed by atoms with Crippen molar-refractivity contribution in [2.24, 2.45) is 5.73 Å². The van der Waals surface area contributed by atoms with Gasteiger partial charge in [0.25, 0.3) is 0 Å². The number of aliphatic hydroxyl groups is 1. The maximum Gasteiger partial charge on any atom is 0.0905 e. The van der Waals surface area contributed by atoms with E-state index in [9.17, 15) is 0 Å². The van der Waals surface area contributed by atoms with Crippen LogP contribution in [0.2, 0.25) is 0 Å². The second-order valence-corrected chi connectivity index (χ2v) is 3.14. The maximum atomic E-state index is 8.81. The first kappa shape index (κ1) is 11.4. The van der Waals surface area contributed by atoms with Crippen molar-refractivity contribution >= 4 is 5.84 Å². The van der Waals surface area contributed by atoms with E-state index < -0.39 is 0 Å². The molecule has 72 valence electrons. The summed E-state index contributed by atoms with van der Waals surface area (Å²) in [6.07, 6.45) is 1.53. The van der Waals surface area contributed by atoms with Gasteiger partial charge in [-0.25, -0.2) is 0 Å². The highest BCUT2D eigenvalue weighted by Gasteiger charge is 2.06. The van der Waals surface area contributed by atoms with Crippen LogP contribution in [0.15, 0.2) is 0 Å². The molecule has 0 radical (unpaired) electrons. The van der Waals surface area contributed by atoms with Gasteiger partial charge in [-0.05, 0) is 26.9 Å². The summed E-state index contributed by atoms with van der Waals surface area (Å²) in [6, 6.07) is 0.192. The minimum Gasteiger partial charge on any atom is -0.395 e. The van der Waals surface area contributed by atoms with Crippen LogP contribution in [0.4, 0.5) is 0 Å². The third-order valence-electron chi connectivity index (χ3n) is 1.97. The summed E-state index contributed by atoms with van der Waals surface area (Å²) >= 11 is 0. The minimum absolute atomic E-state index is 0.177. The van der Waals surface area contributed by atoms with Gasteiger partial charge in [-0.2, -0.15) is 0 Å². The van der Waals surface area contributed by atoms with E-state index in [2.05, 4.69) is 4.90 Å². The topological polar surface area (TPSA) is 73.3 Å². The predicted molar refractivity (Wildman–Crippen MR) is 50.3 cm³/mol. The third-order valence-corrected chi connectivity index (χ3v) is 1.97. The lowest BCUT2D eigenvalue weighted by Gasteiger charge is -2.22. The van der Waals surface area contributed by atoms with Gasteiger partial charge < -0.3 is 15.7 Å². The van der Waals surface area contributed by atoms with Crippen LogP contribution < -0.4 is 5.73 Å². The van der Waals surface area contributed by atoms with Crippen molar-refractivity contribution in [3.63, 3.8) is 0 Å². The summed E-state index contributed by atoms with van der Waals surface area (Å²) in [5, 5.41) is 15.8. The van der Waals surface area contributed by atoms with Gasteiger partial charge in [0.15, 0.2) is 0 Å². The van der Waals surface area contributed by atoms with Crippen LogP contribution in [0.5, 0.6) is 0 Å². The largest absolute Gasteiger partial charge is 0.395 e. The van der Waals surface area contributed by atoms with Crippen molar-refractivity contribution in [2.45, 2.75) is 25.8 Å². The Labute approximate surface area is 73.9 Å².